The number of rotatable bonds is 6. The number of hydrogen-bond acceptors (Lipinski definition) is 3. The predicted molar refractivity (Wildman–Crippen MR) is 89.3 cm³/mol. The molecule has 0 aliphatic carbocycles. The normalized spacial score (nSPS) is 12.0. The highest BCUT2D eigenvalue weighted by Crippen LogP contribution is 2.25. The average Bonchev–Trinajstić information content (AvgIpc) is 2.53. The van der Waals surface area contributed by atoms with Gasteiger partial charge in [-0.2, -0.15) is 0 Å². The molecule has 112 valence electrons. The first-order valence-electron chi connectivity index (χ1n) is 7.30. The van der Waals surface area contributed by atoms with Crippen LogP contribution in [0.2, 0.25) is 0 Å². The van der Waals surface area contributed by atoms with Gasteiger partial charge in [-0.1, -0.05) is 31.2 Å². The Bertz CT molecular complexity index is 546. The van der Waals surface area contributed by atoms with Gasteiger partial charge < -0.3 is 15.0 Å². The first-order valence-corrected chi connectivity index (χ1v) is 7.30. The molecular formula is C18H24N2O. The summed E-state index contributed by atoms with van der Waals surface area (Å²) < 4.78 is 5.23. The van der Waals surface area contributed by atoms with Gasteiger partial charge in [-0.15, -0.1) is 0 Å². The molecule has 1 atom stereocenters. The molecule has 2 aromatic rings. The second-order valence-electron chi connectivity index (χ2n) is 5.25. The van der Waals surface area contributed by atoms with E-state index in [0.29, 0.717) is 0 Å². The van der Waals surface area contributed by atoms with Gasteiger partial charge in [0.2, 0.25) is 0 Å². The van der Waals surface area contributed by atoms with Crippen molar-refractivity contribution in [2.45, 2.75) is 13.0 Å². The van der Waals surface area contributed by atoms with Crippen LogP contribution in [-0.2, 0) is 0 Å². The first-order chi connectivity index (χ1) is 10.2. The largest absolute Gasteiger partial charge is 0.497 e. The first kappa shape index (κ1) is 15.4. The molecule has 1 unspecified atom stereocenters. The standard InChI is InChI=1S/C18H24N2O/c1-5-19-18(15-8-12-17(21-4)13-9-15)14-6-10-16(11-7-14)20(2)3/h6-13,18-19H,5H2,1-4H3. The fourth-order valence-corrected chi connectivity index (χ4v) is 2.39. The highest BCUT2D eigenvalue weighted by Gasteiger charge is 2.13. The summed E-state index contributed by atoms with van der Waals surface area (Å²) in [7, 11) is 5.80. The maximum absolute atomic E-state index is 5.23. The Balaban J connectivity index is 2.28. The Morgan fingerprint density at radius 2 is 1.48 bits per heavy atom. The Kier molecular flexibility index (Phi) is 5.23. The number of nitrogens with zero attached hydrogens (tertiary/aromatic N) is 1. The molecule has 2 rings (SSSR count). The second kappa shape index (κ2) is 7.14. The van der Waals surface area contributed by atoms with Gasteiger partial charge in [-0.25, -0.2) is 0 Å². The van der Waals surface area contributed by atoms with Crippen LogP contribution in [0, 0.1) is 0 Å². The van der Waals surface area contributed by atoms with E-state index in [1.807, 2.05) is 12.1 Å². The maximum Gasteiger partial charge on any atom is 0.118 e. The molecule has 0 saturated carbocycles. The van der Waals surface area contributed by atoms with Crippen molar-refractivity contribution in [2.75, 3.05) is 32.6 Å². The predicted octanol–water partition coefficient (Wildman–Crippen LogP) is 3.46. The Hall–Kier alpha value is -2.00. The van der Waals surface area contributed by atoms with Crippen molar-refractivity contribution in [3.8, 4) is 5.75 Å². The molecule has 0 fully saturated rings. The van der Waals surface area contributed by atoms with Crippen molar-refractivity contribution >= 4 is 5.69 Å². The maximum atomic E-state index is 5.23. The molecule has 0 aliphatic rings. The van der Waals surface area contributed by atoms with E-state index in [-0.39, 0.29) is 6.04 Å². The lowest BCUT2D eigenvalue weighted by molar-refractivity contribution is 0.414. The van der Waals surface area contributed by atoms with Crippen LogP contribution in [0.3, 0.4) is 0 Å². The summed E-state index contributed by atoms with van der Waals surface area (Å²) in [6.07, 6.45) is 0. The van der Waals surface area contributed by atoms with E-state index in [9.17, 15) is 0 Å². The number of benzene rings is 2. The lowest BCUT2D eigenvalue weighted by Crippen LogP contribution is -2.22. The molecule has 0 amide bonds. The van der Waals surface area contributed by atoms with E-state index >= 15 is 0 Å². The molecule has 0 aromatic heterocycles. The fraction of sp³-hybridized carbons (Fsp3) is 0.333. The number of anilines is 1. The van der Waals surface area contributed by atoms with E-state index in [2.05, 4.69) is 67.6 Å². The molecule has 2 aromatic carbocycles. The van der Waals surface area contributed by atoms with Gasteiger partial charge in [0, 0.05) is 19.8 Å². The molecule has 0 radical (unpaired) electrons. The highest BCUT2D eigenvalue weighted by molar-refractivity contribution is 5.48. The Morgan fingerprint density at radius 1 is 0.952 bits per heavy atom. The van der Waals surface area contributed by atoms with Gasteiger partial charge in [0.25, 0.3) is 0 Å². The van der Waals surface area contributed by atoms with Crippen molar-refractivity contribution in [1.82, 2.24) is 5.32 Å². The lowest BCUT2D eigenvalue weighted by atomic mass is 9.98. The van der Waals surface area contributed by atoms with E-state index < -0.39 is 0 Å². The van der Waals surface area contributed by atoms with Gasteiger partial charge in [0.05, 0.1) is 13.2 Å². The van der Waals surface area contributed by atoms with Crippen molar-refractivity contribution in [3.05, 3.63) is 59.7 Å². The van der Waals surface area contributed by atoms with Crippen LogP contribution in [0.1, 0.15) is 24.1 Å². The van der Waals surface area contributed by atoms with Gasteiger partial charge in [0.15, 0.2) is 0 Å². The van der Waals surface area contributed by atoms with Gasteiger partial charge in [-0.05, 0) is 41.9 Å². The van der Waals surface area contributed by atoms with E-state index in [4.69, 9.17) is 4.74 Å². The third-order valence-electron chi connectivity index (χ3n) is 3.60. The molecule has 3 nitrogen and oxygen atoms in total. The summed E-state index contributed by atoms with van der Waals surface area (Å²) in [5.41, 5.74) is 3.73. The molecule has 0 spiro atoms. The average molecular weight is 284 g/mol. The van der Waals surface area contributed by atoms with Crippen LogP contribution in [0.5, 0.6) is 5.75 Å². The smallest absolute Gasteiger partial charge is 0.118 e. The fourth-order valence-electron chi connectivity index (χ4n) is 2.39. The van der Waals surface area contributed by atoms with Gasteiger partial charge in [0.1, 0.15) is 5.75 Å². The number of hydrogen-bond donors (Lipinski definition) is 1. The summed E-state index contributed by atoms with van der Waals surface area (Å²) >= 11 is 0. The zero-order valence-electron chi connectivity index (χ0n) is 13.3. The van der Waals surface area contributed by atoms with Crippen LogP contribution >= 0.6 is 0 Å². The van der Waals surface area contributed by atoms with Crippen LogP contribution in [0.25, 0.3) is 0 Å². The molecule has 0 bridgehead atoms. The monoisotopic (exact) mass is 284 g/mol. The topological polar surface area (TPSA) is 24.5 Å². The zero-order chi connectivity index (χ0) is 15.2. The van der Waals surface area contributed by atoms with Crippen LogP contribution < -0.4 is 15.0 Å². The lowest BCUT2D eigenvalue weighted by Gasteiger charge is -2.20. The van der Waals surface area contributed by atoms with Crippen molar-refractivity contribution in [1.29, 1.82) is 0 Å². The third-order valence-corrected chi connectivity index (χ3v) is 3.60. The summed E-state index contributed by atoms with van der Waals surface area (Å²) in [6, 6.07) is 17.1. The van der Waals surface area contributed by atoms with Crippen molar-refractivity contribution in [3.63, 3.8) is 0 Å². The van der Waals surface area contributed by atoms with Gasteiger partial charge >= 0.3 is 0 Å². The molecule has 3 heteroatoms. The summed E-state index contributed by atoms with van der Waals surface area (Å²) in [6.45, 7) is 3.05. The zero-order valence-corrected chi connectivity index (χ0v) is 13.3. The summed E-state index contributed by atoms with van der Waals surface area (Å²) in [4.78, 5) is 2.11. The Labute approximate surface area is 127 Å². The van der Waals surface area contributed by atoms with E-state index in [0.717, 1.165) is 12.3 Å². The number of nitrogens with one attached hydrogen (secondary N) is 1. The molecule has 0 heterocycles. The molecule has 0 saturated heterocycles. The van der Waals surface area contributed by atoms with Crippen LogP contribution in [0.15, 0.2) is 48.5 Å². The van der Waals surface area contributed by atoms with Crippen molar-refractivity contribution in [2.24, 2.45) is 0 Å². The number of ether oxygens (including phenoxy) is 1. The van der Waals surface area contributed by atoms with E-state index in [1.165, 1.54) is 16.8 Å². The van der Waals surface area contributed by atoms with Crippen LogP contribution in [-0.4, -0.2) is 27.7 Å². The molecule has 0 aliphatic heterocycles. The third kappa shape index (κ3) is 3.76. The SMILES string of the molecule is CCNC(c1ccc(OC)cc1)c1ccc(N(C)C)cc1. The van der Waals surface area contributed by atoms with Crippen molar-refractivity contribution < 1.29 is 4.74 Å². The Morgan fingerprint density at radius 3 is 1.90 bits per heavy atom. The minimum atomic E-state index is 0.206. The highest BCUT2D eigenvalue weighted by atomic mass is 16.5. The summed E-state index contributed by atoms with van der Waals surface area (Å²) in [5.74, 6) is 0.886. The quantitative estimate of drug-likeness (QED) is 0.879. The molecular weight excluding hydrogens is 260 g/mol. The molecule has 21 heavy (non-hydrogen) atoms. The summed E-state index contributed by atoms with van der Waals surface area (Å²) in [5, 5.41) is 3.55. The molecule has 1 N–H and O–H groups in total. The second-order valence-corrected chi connectivity index (χ2v) is 5.25. The van der Waals surface area contributed by atoms with Gasteiger partial charge in [-0.3, -0.25) is 0 Å². The number of methoxy groups -OCH3 is 1. The van der Waals surface area contributed by atoms with Crippen LogP contribution in [0.4, 0.5) is 5.69 Å². The minimum absolute atomic E-state index is 0.206. The van der Waals surface area contributed by atoms with E-state index in [1.54, 1.807) is 7.11 Å². The minimum Gasteiger partial charge on any atom is -0.497 e.